The molecule has 0 aromatic heterocycles. The second kappa shape index (κ2) is 9.83. The fourth-order valence-electron chi connectivity index (χ4n) is 2.24. The predicted molar refractivity (Wildman–Crippen MR) is 94.6 cm³/mol. The summed E-state index contributed by atoms with van der Waals surface area (Å²) in [6, 6.07) is 13.9. The highest BCUT2D eigenvalue weighted by Gasteiger charge is 2.02. The summed E-state index contributed by atoms with van der Waals surface area (Å²) in [5.74, 6) is -0.308. The lowest BCUT2D eigenvalue weighted by Gasteiger charge is -2.06. The zero-order valence-corrected chi connectivity index (χ0v) is 14.0. The third-order valence-corrected chi connectivity index (χ3v) is 3.48. The van der Waals surface area contributed by atoms with Gasteiger partial charge >= 0.3 is 5.97 Å². The first-order chi connectivity index (χ1) is 12.5. The third kappa shape index (κ3) is 7.04. The Morgan fingerprint density at radius 1 is 1.15 bits per heavy atom. The minimum atomic E-state index is -0.804. The van der Waals surface area contributed by atoms with Crippen LogP contribution >= 0.6 is 0 Å². The van der Waals surface area contributed by atoms with Crippen LogP contribution in [0.15, 0.2) is 54.6 Å². The lowest BCUT2D eigenvalue weighted by atomic mass is 10.1. The van der Waals surface area contributed by atoms with Gasteiger partial charge in [-0.3, -0.25) is 0 Å². The van der Waals surface area contributed by atoms with Crippen LogP contribution in [0, 0.1) is 10.1 Å². The van der Waals surface area contributed by atoms with Crippen molar-refractivity contribution >= 4 is 12.0 Å². The van der Waals surface area contributed by atoms with Gasteiger partial charge in [0.05, 0.1) is 6.61 Å². The number of carbonyl (C=O) groups excluding carboxylic acids is 1. The van der Waals surface area contributed by atoms with E-state index in [0.29, 0.717) is 12.8 Å². The second-order valence-electron chi connectivity index (χ2n) is 5.51. The Morgan fingerprint density at radius 3 is 2.62 bits per heavy atom. The number of rotatable bonds is 9. The Kier molecular flexibility index (Phi) is 7.17. The van der Waals surface area contributed by atoms with E-state index in [2.05, 4.69) is 4.84 Å². The SMILES string of the molecule is O=C(C=Cc1ccc(O)cc1)OCc1cccc(CCCO[N+](=O)[O-])c1. The molecule has 0 aliphatic carbocycles. The van der Waals surface area contributed by atoms with E-state index in [9.17, 15) is 20.0 Å². The predicted octanol–water partition coefficient (Wildman–Crippen LogP) is 3.29. The number of carbonyl (C=O) groups is 1. The quantitative estimate of drug-likeness (QED) is 0.243. The average molecular weight is 357 g/mol. The maximum Gasteiger partial charge on any atom is 0.331 e. The molecule has 0 spiro atoms. The fraction of sp³-hybridized carbons (Fsp3) is 0.211. The van der Waals surface area contributed by atoms with Crippen molar-refractivity contribution in [1.29, 1.82) is 0 Å². The van der Waals surface area contributed by atoms with Crippen molar-refractivity contribution in [1.82, 2.24) is 0 Å². The molecule has 2 rings (SSSR count). The number of aromatic hydroxyl groups is 1. The Balaban J connectivity index is 1.79. The van der Waals surface area contributed by atoms with Crippen molar-refractivity contribution in [2.24, 2.45) is 0 Å². The number of hydrogen-bond acceptors (Lipinski definition) is 6. The van der Waals surface area contributed by atoms with E-state index in [-0.39, 0.29) is 19.0 Å². The van der Waals surface area contributed by atoms with E-state index >= 15 is 0 Å². The summed E-state index contributed by atoms with van der Waals surface area (Å²) in [5, 5.41) is 18.5. The van der Waals surface area contributed by atoms with Gasteiger partial charge in [-0.05, 0) is 47.7 Å². The van der Waals surface area contributed by atoms with Gasteiger partial charge in [0.25, 0.3) is 5.09 Å². The van der Waals surface area contributed by atoms with Crippen molar-refractivity contribution in [2.75, 3.05) is 6.61 Å². The molecule has 0 radical (unpaired) electrons. The monoisotopic (exact) mass is 357 g/mol. The fourth-order valence-corrected chi connectivity index (χ4v) is 2.24. The smallest absolute Gasteiger partial charge is 0.331 e. The van der Waals surface area contributed by atoms with Crippen LogP contribution in [0.4, 0.5) is 0 Å². The molecule has 0 saturated carbocycles. The molecule has 1 N–H and O–H groups in total. The summed E-state index contributed by atoms with van der Waals surface area (Å²) in [5.41, 5.74) is 2.60. The molecule has 0 atom stereocenters. The first-order valence-electron chi connectivity index (χ1n) is 8.02. The van der Waals surface area contributed by atoms with Gasteiger partial charge < -0.3 is 14.7 Å². The van der Waals surface area contributed by atoms with E-state index in [1.807, 2.05) is 24.3 Å². The maximum atomic E-state index is 11.8. The van der Waals surface area contributed by atoms with E-state index in [1.54, 1.807) is 18.2 Å². The Morgan fingerprint density at radius 2 is 1.88 bits per heavy atom. The molecule has 0 bridgehead atoms. The van der Waals surface area contributed by atoms with Crippen LogP contribution in [0.25, 0.3) is 6.08 Å². The number of phenols is 1. The largest absolute Gasteiger partial charge is 0.508 e. The summed E-state index contributed by atoms with van der Waals surface area (Å²) in [6.07, 6.45) is 4.09. The lowest BCUT2D eigenvalue weighted by molar-refractivity contribution is -0.757. The Bertz CT molecular complexity index is 770. The van der Waals surface area contributed by atoms with E-state index < -0.39 is 11.1 Å². The van der Waals surface area contributed by atoms with Crippen LogP contribution in [0.1, 0.15) is 23.1 Å². The zero-order valence-electron chi connectivity index (χ0n) is 14.0. The van der Waals surface area contributed by atoms with Crippen molar-refractivity contribution < 1.29 is 24.6 Å². The topological polar surface area (TPSA) is 98.9 Å². The number of ether oxygens (including phenoxy) is 1. The molecule has 26 heavy (non-hydrogen) atoms. The summed E-state index contributed by atoms with van der Waals surface area (Å²) in [6.45, 7) is 0.187. The van der Waals surface area contributed by atoms with Crippen LogP contribution < -0.4 is 0 Å². The van der Waals surface area contributed by atoms with Crippen LogP contribution in [0.2, 0.25) is 0 Å². The van der Waals surface area contributed by atoms with Crippen molar-refractivity contribution in [3.8, 4) is 5.75 Å². The molecule has 2 aromatic rings. The number of hydrogen-bond donors (Lipinski definition) is 1. The van der Waals surface area contributed by atoms with Gasteiger partial charge in [-0.15, -0.1) is 10.1 Å². The summed E-state index contributed by atoms with van der Waals surface area (Å²) >= 11 is 0. The van der Waals surface area contributed by atoms with Gasteiger partial charge in [0.2, 0.25) is 0 Å². The Labute approximate surface area is 150 Å². The third-order valence-electron chi connectivity index (χ3n) is 3.48. The molecule has 0 saturated heterocycles. The van der Waals surface area contributed by atoms with Gasteiger partial charge in [0.15, 0.2) is 0 Å². The van der Waals surface area contributed by atoms with Crippen LogP contribution in [-0.2, 0) is 27.4 Å². The van der Waals surface area contributed by atoms with Gasteiger partial charge in [0.1, 0.15) is 12.4 Å². The molecule has 0 heterocycles. The molecule has 0 amide bonds. The second-order valence-corrected chi connectivity index (χ2v) is 5.51. The number of nitrogens with zero attached hydrogens (tertiary/aromatic N) is 1. The zero-order chi connectivity index (χ0) is 18.8. The summed E-state index contributed by atoms with van der Waals surface area (Å²) in [7, 11) is 0. The van der Waals surface area contributed by atoms with Gasteiger partial charge in [0, 0.05) is 6.08 Å². The Hall–Kier alpha value is -3.35. The number of phenolic OH excluding ortho intramolecular Hbond substituents is 1. The summed E-state index contributed by atoms with van der Waals surface area (Å²) < 4.78 is 5.20. The highest BCUT2D eigenvalue weighted by Crippen LogP contribution is 2.12. The normalized spacial score (nSPS) is 10.6. The molecule has 0 unspecified atom stereocenters. The number of benzene rings is 2. The van der Waals surface area contributed by atoms with Crippen LogP contribution in [0.3, 0.4) is 0 Å². The van der Waals surface area contributed by atoms with Crippen LogP contribution in [-0.4, -0.2) is 22.8 Å². The standard InChI is InChI=1S/C19H19NO6/c21-18-9-6-15(7-10-18)8-11-19(22)25-14-17-4-1-3-16(13-17)5-2-12-26-20(23)24/h1,3-4,6-11,13,21H,2,5,12,14H2. The molecular weight excluding hydrogens is 338 g/mol. The average Bonchev–Trinajstić information content (AvgIpc) is 2.63. The first kappa shape index (κ1) is 19.0. The van der Waals surface area contributed by atoms with E-state index in [0.717, 1.165) is 16.7 Å². The van der Waals surface area contributed by atoms with Gasteiger partial charge in [-0.2, -0.15) is 0 Å². The molecule has 0 aliphatic heterocycles. The van der Waals surface area contributed by atoms with Crippen molar-refractivity contribution in [3.05, 3.63) is 81.4 Å². The van der Waals surface area contributed by atoms with Crippen molar-refractivity contribution in [3.63, 3.8) is 0 Å². The van der Waals surface area contributed by atoms with Gasteiger partial charge in [-0.25, -0.2) is 4.79 Å². The molecular formula is C19H19NO6. The molecule has 2 aromatic carbocycles. The molecule has 7 nitrogen and oxygen atoms in total. The maximum absolute atomic E-state index is 11.8. The lowest BCUT2D eigenvalue weighted by Crippen LogP contribution is -2.04. The van der Waals surface area contributed by atoms with Gasteiger partial charge in [-0.1, -0.05) is 36.4 Å². The molecule has 136 valence electrons. The number of esters is 1. The van der Waals surface area contributed by atoms with Crippen molar-refractivity contribution in [2.45, 2.75) is 19.4 Å². The first-order valence-corrected chi connectivity index (χ1v) is 8.02. The summed E-state index contributed by atoms with van der Waals surface area (Å²) in [4.78, 5) is 26.1. The molecule has 0 aliphatic rings. The van der Waals surface area contributed by atoms with E-state index in [1.165, 1.54) is 18.2 Å². The minimum absolute atomic E-state index is 0.0499. The molecule has 0 fully saturated rings. The number of aryl methyl sites for hydroxylation is 1. The van der Waals surface area contributed by atoms with Crippen LogP contribution in [0.5, 0.6) is 5.75 Å². The highest BCUT2D eigenvalue weighted by molar-refractivity contribution is 5.87. The molecule has 7 heteroatoms. The van der Waals surface area contributed by atoms with E-state index in [4.69, 9.17) is 4.74 Å². The highest BCUT2D eigenvalue weighted by atomic mass is 16.9. The minimum Gasteiger partial charge on any atom is -0.508 e.